The first kappa shape index (κ1) is 12.1. The summed E-state index contributed by atoms with van der Waals surface area (Å²) in [7, 11) is 0. The molecule has 2 aromatic heterocycles. The Bertz CT molecular complexity index is 503. The van der Waals surface area contributed by atoms with Gasteiger partial charge in [0.1, 0.15) is 10.8 Å². The molecule has 1 atom stereocenters. The zero-order valence-electron chi connectivity index (χ0n) is 9.97. The van der Waals surface area contributed by atoms with Crippen LogP contribution < -0.4 is 0 Å². The molecule has 0 radical (unpaired) electrons. The second kappa shape index (κ2) is 4.89. The van der Waals surface area contributed by atoms with Gasteiger partial charge < -0.3 is 9.52 Å². The van der Waals surface area contributed by atoms with Gasteiger partial charge in [-0.2, -0.15) is 0 Å². The SMILES string of the molecule is Cc1nc(Sc2cc(C(C)O)ccn2)oc1C. The molecule has 0 saturated carbocycles. The molecular formula is C12H14N2O2S. The van der Waals surface area contributed by atoms with Crippen LogP contribution in [-0.4, -0.2) is 15.1 Å². The van der Waals surface area contributed by atoms with Crippen LogP contribution in [0.3, 0.4) is 0 Å². The second-order valence-corrected chi connectivity index (χ2v) is 4.80. The van der Waals surface area contributed by atoms with Crippen LogP contribution in [0.1, 0.15) is 30.0 Å². The van der Waals surface area contributed by atoms with Gasteiger partial charge in [-0.3, -0.25) is 0 Å². The lowest BCUT2D eigenvalue weighted by Crippen LogP contribution is -1.92. The predicted molar refractivity (Wildman–Crippen MR) is 65.0 cm³/mol. The first-order valence-electron chi connectivity index (χ1n) is 5.32. The molecule has 0 fully saturated rings. The molecule has 2 heterocycles. The van der Waals surface area contributed by atoms with Crippen LogP contribution >= 0.6 is 11.8 Å². The highest BCUT2D eigenvalue weighted by molar-refractivity contribution is 7.99. The summed E-state index contributed by atoms with van der Waals surface area (Å²) in [6, 6.07) is 3.63. The van der Waals surface area contributed by atoms with Gasteiger partial charge in [0.15, 0.2) is 0 Å². The van der Waals surface area contributed by atoms with Crippen LogP contribution in [-0.2, 0) is 0 Å². The lowest BCUT2D eigenvalue weighted by Gasteiger charge is -2.04. The Hall–Kier alpha value is -1.33. The Labute approximate surface area is 104 Å². The number of hydrogen-bond acceptors (Lipinski definition) is 5. The lowest BCUT2D eigenvalue weighted by molar-refractivity contribution is 0.199. The Morgan fingerprint density at radius 3 is 2.76 bits per heavy atom. The van der Waals surface area contributed by atoms with Crippen molar-refractivity contribution in [1.82, 2.24) is 9.97 Å². The van der Waals surface area contributed by atoms with Gasteiger partial charge in [-0.1, -0.05) is 0 Å². The molecule has 4 nitrogen and oxygen atoms in total. The number of nitrogens with zero attached hydrogens (tertiary/aromatic N) is 2. The van der Waals surface area contributed by atoms with Crippen molar-refractivity contribution in [1.29, 1.82) is 0 Å². The molecule has 0 saturated heterocycles. The maximum atomic E-state index is 9.49. The molecule has 1 unspecified atom stereocenters. The zero-order valence-corrected chi connectivity index (χ0v) is 10.8. The minimum absolute atomic E-state index is 0.495. The van der Waals surface area contributed by atoms with E-state index in [0.29, 0.717) is 5.22 Å². The van der Waals surface area contributed by atoms with Crippen LogP contribution in [0.15, 0.2) is 33.0 Å². The highest BCUT2D eigenvalue weighted by atomic mass is 32.2. The third-order valence-electron chi connectivity index (χ3n) is 2.44. The van der Waals surface area contributed by atoms with E-state index in [-0.39, 0.29) is 0 Å². The van der Waals surface area contributed by atoms with E-state index in [1.807, 2.05) is 19.9 Å². The fourth-order valence-corrected chi connectivity index (χ4v) is 2.15. The number of hydrogen-bond donors (Lipinski definition) is 1. The molecule has 90 valence electrons. The summed E-state index contributed by atoms with van der Waals surface area (Å²) in [5.74, 6) is 0.819. The molecule has 0 aliphatic rings. The Kier molecular flexibility index (Phi) is 3.49. The molecule has 2 rings (SSSR count). The molecule has 0 amide bonds. The molecule has 17 heavy (non-hydrogen) atoms. The van der Waals surface area contributed by atoms with Crippen molar-refractivity contribution >= 4 is 11.8 Å². The average molecular weight is 250 g/mol. The molecule has 1 N–H and O–H groups in total. The summed E-state index contributed by atoms with van der Waals surface area (Å²) in [6.45, 7) is 5.51. The number of rotatable bonds is 3. The maximum absolute atomic E-state index is 9.49. The summed E-state index contributed by atoms with van der Waals surface area (Å²) in [5.41, 5.74) is 1.72. The van der Waals surface area contributed by atoms with Crippen molar-refractivity contribution in [2.45, 2.75) is 37.1 Å². The Morgan fingerprint density at radius 2 is 2.18 bits per heavy atom. The smallest absolute Gasteiger partial charge is 0.262 e. The molecule has 0 aliphatic carbocycles. The van der Waals surface area contributed by atoms with Crippen molar-refractivity contribution in [3.05, 3.63) is 35.3 Å². The molecule has 2 aromatic rings. The van der Waals surface area contributed by atoms with Gasteiger partial charge in [-0.15, -0.1) is 0 Å². The number of aliphatic hydroxyl groups excluding tert-OH is 1. The van der Waals surface area contributed by atoms with Crippen molar-refractivity contribution in [3.63, 3.8) is 0 Å². The average Bonchev–Trinajstić information content (AvgIpc) is 2.58. The topological polar surface area (TPSA) is 59.2 Å². The first-order valence-corrected chi connectivity index (χ1v) is 6.14. The molecule has 0 aromatic carbocycles. The summed E-state index contributed by atoms with van der Waals surface area (Å²) in [6.07, 6.45) is 1.18. The molecule has 0 bridgehead atoms. The minimum atomic E-state index is -0.495. The number of aliphatic hydroxyl groups is 1. The summed E-state index contributed by atoms with van der Waals surface area (Å²) in [5, 5.41) is 10.8. The van der Waals surface area contributed by atoms with Crippen molar-refractivity contribution in [3.8, 4) is 0 Å². The minimum Gasteiger partial charge on any atom is -0.436 e. The van der Waals surface area contributed by atoms with E-state index in [1.54, 1.807) is 19.2 Å². The van der Waals surface area contributed by atoms with Crippen LogP contribution in [0.5, 0.6) is 0 Å². The van der Waals surface area contributed by atoms with E-state index in [1.165, 1.54) is 11.8 Å². The molecule has 0 aliphatic heterocycles. The first-order chi connectivity index (χ1) is 8.06. The number of aryl methyl sites for hydroxylation is 2. The second-order valence-electron chi connectivity index (χ2n) is 3.83. The van der Waals surface area contributed by atoms with E-state index in [2.05, 4.69) is 9.97 Å². The monoisotopic (exact) mass is 250 g/mol. The number of pyridine rings is 1. The van der Waals surface area contributed by atoms with E-state index in [0.717, 1.165) is 22.0 Å². The van der Waals surface area contributed by atoms with Gasteiger partial charge in [0.2, 0.25) is 0 Å². The van der Waals surface area contributed by atoms with Crippen molar-refractivity contribution in [2.75, 3.05) is 0 Å². The summed E-state index contributed by atoms with van der Waals surface area (Å²) >= 11 is 1.35. The van der Waals surface area contributed by atoms with E-state index < -0.39 is 6.10 Å². The molecule has 0 spiro atoms. The van der Waals surface area contributed by atoms with Crippen molar-refractivity contribution in [2.24, 2.45) is 0 Å². The van der Waals surface area contributed by atoms with E-state index in [9.17, 15) is 5.11 Å². The predicted octanol–water partition coefficient (Wildman–Crippen LogP) is 2.89. The van der Waals surface area contributed by atoms with E-state index in [4.69, 9.17) is 4.42 Å². The van der Waals surface area contributed by atoms with Gasteiger partial charge in [0.05, 0.1) is 11.8 Å². The maximum Gasteiger partial charge on any atom is 0.262 e. The van der Waals surface area contributed by atoms with Gasteiger partial charge >= 0.3 is 0 Å². The third-order valence-corrected chi connectivity index (χ3v) is 3.22. The fourth-order valence-electron chi connectivity index (χ4n) is 1.32. The van der Waals surface area contributed by atoms with Gasteiger partial charge in [-0.25, -0.2) is 9.97 Å². The fraction of sp³-hybridized carbons (Fsp3) is 0.333. The Balaban J connectivity index is 2.21. The molecule has 5 heteroatoms. The standard InChI is InChI=1S/C12H14N2O2S/c1-7-9(3)16-12(14-7)17-11-6-10(8(2)15)4-5-13-11/h4-6,8,15H,1-3H3. The Morgan fingerprint density at radius 1 is 1.41 bits per heavy atom. The van der Waals surface area contributed by atoms with Crippen LogP contribution in [0.4, 0.5) is 0 Å². The van der Waals surface area contributed by atoms with Crippen LogP contribution in [0.25, 0.3) is 0 Å². The summed E-state index contributed by atoms with van der Waals surface area (Å²) in [4.78, 5) is 8.48. The normalized spacial score (nSPS) is 12.7. The molecular weight excluding hydrogens is 236 g/mol. The van der Waals surface area contributed by atoms with Crippen molar-refractivity contribution < 1.29 is 9.52 Å². The van der Waals surface area contributed by atoms with Crippen LogP contribution in [0, 0.1) is 13.8 Å². The summed E-state index contributed by atoms with van der Waals surface area (Å²) < 4.78 is 5.47. The van der Waals surface area contributed by atoms with Gasteiger partial charge in [0.25, 0.3) is 5.22 Å². The zero-order chi connectivity index (χ0) is 12.4. The number of oxazole rings is 1. The number of aromatic nitrogens is 2. The highest BCUT2D eigenvalue weighted by Crippen LogP contribution is 2.28. The van der Waals surface area contributed by atoms with E-state index >= 15 is 0 Å². The van der Waals surface area contributed by atoms with Crippen LogP contribution in [0.2, 0.25) is 0 Å². The largest absolute Gasteiger partial charge is 0.436 e. The quantitative estimate of drug-likeness (QED) is 0.907. The highest BCUT2D eigenvalue weighted by Gasteiger charge is 2.09. The third kappa shape index (κ3) is 2.87. The van der Waals surface area contributed by atoms with Gasteiger partial charge in [-0.05, 0) is 50.2 Å². The lowest BCUT2D eigenvalue weighted by atomic mass is 10.2. The van der Waals surface area contributed by atoms with Gasteiger partial charge in [0, 0.05) is 6.20 Å².